The zero-order valence-corrected chi connectivity index (χ0v) is 19.6. The molecule has 0 aliphatic heterocycles. The Bertz CT molecular complexity index is 1030. The highest BCUT2D eigenvalue weighted by atomic mass is 35.5. The molecule has 2 heterocycles. The van der Waals surface area contributed by atoms with Gasteiger partial charge < -0.3 is 4.90 Å². The van der Waals surface area contributed by atoms with E-state index in [4.69, 9.17) is 11.6 Å². The summed E-state index contributed by atoms with van der Waals surface area (Å²) in [6, 6.07) is 7.85. The first-order valence-electron chi connectivity index (χ1n) is 10.3. The van der Waals surface area contributed by atoms with Crippen molar-refractivity contribution in [2.45, 2.75) is 52.1 Å². The van der Waals surface area contributed by atoms with E-state index in [1.54, 1.807) is 4.52 Å². The van der Waals surface area contributed by atoms with Crippen molar-refractivity contribution >= 4 is 35.0 Å². The summed E-state index contributed by atoms with van der Waals surface area (Å²) in [6.07, 6.45) is 2.65. The predicted molar refractivity (Wildman–Crippen MR) is 122 cm³/mol. The van der Waals surface area contributed by atoms with Crippen LogP contribution in [0.1, 0.15) is 49.2 Å². The Labute approximate surface area is 187 Å². The van der Waals surface area contributed by atoms with Crippen molar-refractivity contribution in [2.75, 3.05) is 18.8 Å². The molecule has 0 unspecified atom stereocenters. The second kappa shape index (κ2) is 10.3. The molecular formula is C22H28ClN5OS. The van der Waals surface area contributed by atoms with Gasteiger partial charge in [-0.25, -0.2) is 9.50 Å². The lowest BCUT2D eigenvalue weighted by molar-refractivity contribution is -0.128. The van der Waals surface area contributed by atoms with Crippen LogP contribution in [0.4, 0.5) is 0 Å². The number of fused-ring (bicyclic) bond motifs is 1. The molecule has 3 rings (SSSR count). The standard InChI is InChI=1S/C22H28ClN5OS/c1-5-10-27(11-6-2)20(29)14-30-22-25-21-24-15(3)19(16(4)28(21)26-22)13-17-8-7-9-18(23)12-17/h7-9,12H,5-6,10-11,13-14H2,1-4H3. The first kappa shape index (κ1) is 22.6. The summed E-state index contributed by atoms with van der Waals surface area (Å²) in [5.41, 5.74) is 4.17. The fourth-order valence-corrected chi connectivity index (χ4v) is 4.41. The Hall–Kier alpha value is -2.12. The lowest BCUT2D eigenvalue weighted by Gasteiger charge is -2.20. The molecule has 160 valence electrons. The Balaban J connectivity index is 1.79. The summed E-state index contributed by atoms with van der Waals surface area (Å²) < 4.78 is 1.77. The molecule has 0 atom stereocenters. The van der Waals surface area contributed by atoms with E-state index in [-0.39, 0.29) is 5.91 Å². The molecule has 0 spiro atoms. The second-order valence-electron chi connectivity index (χ2n) is 7.34. The van der Waals surface area contributed by atoms with Crippen molar-refractivity contribution in [3.05, 3.63) is 51.8 Å². The van der Waals surface area contributed by atoms with Gasteiger partial charge in [0, 0.05) is 35.9 Å². The lowest BCUT2D eigenvalue weighted by atomic mass is 10.0. The average molecular weight is 446 g/mol. The third-order valence-corrected chi connectivity index (χ3v) is 6.02. The second-order valence-corrected chi connectivity index (χ2v) is 8.72. The highest BCUT2D eigenvalue weighted by Crippen LogP contribution is 2.22. The molecule has 0 saturated carbocycles. The van der Waals surface area contributed by atoms with Crippen LogP contribution >= 0.6 is 23.4 Å². The molecule has 0 radical (unpaired) electrons. The fraction of sp³-hybridized carbons (Fsp3) is 0.455. The molecule has 0 aliphatic rings. The summed E-state index contributed by atoms with van der Waals surface area (Å²) >= 11 is 7.50. The van der Waals surface area contributed by atoms with Crippen LogP contribution in [-0.2, 0) is 11.2 Å². The van der Waals surface area contributed by atoms with Gasteiger partial charge in [0.15, 0.2) is 0 Å². The number of aryl methyl sites for hydroxylation is 2. The van der Waals surface area contributed by atoms with Crippen molar-refractivity contribution in [3.63, 3.8) is 0 Å². The third-order valence-electron chi connectivity index (χ3n) is 4.96. The van der Waals surface area contributed by atoms with Gasteiger partial charge in [-0.05, 0) is 49.9 Å². The van der Waals surface area contributed by atoms with Gasteiger partial charge in [0.05, 0.1) is 5.75 Å². The van der Waals surface area contributed by atoms with E-state index in [2.05, 4.69) is 35.0 Å². The minimum absolute atomic E-state index is 0.130. The van der Waals surface area contributed by atoms with Crippen molar-refractivity contribution in [2.24, 2.45) is 0 Å². The SMILES string of the molecule is CCCN(CCC)C(=O)CSc1nc2nc(C)c(Cc3cccc(Cl)c3)c(C)n2n1. The summed E-state index contributed by atoms with van der Waals surface area (Å²) in [6.45, 7) is 9.78. The molecule has 1 aromatic carbocycles. The van der Waals surface area contributed by atoms with Crippen molar-refractivity contribution < 1.29 is 4.79 Å². The molecule has 0 fully saturated rings. The van der Waals surface area contributed by atoms with Gasteiger partial charge in [0.1, 0.15) is 0 Å². The smallest absolute Gasteiger partial charge is 0.253 e. The molecule has 0 saturated heterocycles. The quantitative estimate of drug-likeness (QED) is 0.445. The van der Waals surface area contributed by atoms with E-state index in [1.807, 2.05) is 36.9 Å². The number of hydrogen-bond acceptors (Lipinski definition) is 5. The van der Waals surface area contributed by atoms with Gasteiger partial charge in [-0.15, -0.1) is 5.10 Å². The van der Waals surface area contributed by atoms with Crippen LogP contribution in [0.5, 0.6) is 0 Å². The summed E-state index contributed by atoms with van der Waals surface area (Å²) in [5, 5.41) is 5.90. The van der Waals surface area contributed by atoms with Crippen LogP contribution in [0.2, 0.25) is 5.02 Å². The molecule has 2 aromatic heterocycles. The Morgan fingerprint density at radius 3 is 2.57 bits per heavy atom. The highest BCUT2D eigenvalue weighted by molar-refractivity contribution is 7.99. The van der Waals surface area contributed by atoms with Crippen LogP contribution in [-0.4, -0.2) is 49.2 Å². The normalized spacial score (nSPS) is 11.2. The van der Waals surface area contributed by atoms with E-state index in [0.29, 0.717) is 16.7 Å². The van der Waals surface area contributed by atoms with Gasteiger partial charge in [-0.1, -0.05) is 49.3 Å². The topological polar surface area (TPSA) is 63.4 Å². The van der Waals surface area contributed by atoms with Gasteiger partial charge >= 0.3 is 0 Å². The number of halogens is 1. The van der Waals surface area contributed by atoms with Crippen LogP contribution in [0.15, 0.2) is 29.4 Å². The Kier molecular flexibility index (Phi) is 7.72. The first-order chi connectivity index (χ1) is 14.4. The molecule has 0 N–H and O–H groups in total. The predicted octanol–water partition coefficient (Wildman–Crippen LogP) is 4.73. The number of thioether (sulfide) groups is 1. The van der Waals surface area contributed by atoms with Crippen LogP contribution in [0.25, 0.3) is 5.78 Å². The summed E-state index contributed by atoms with van der Waals surface area (Å²) in [5.74, 6) is 1.03. The zero-order chi connectivity index (χ0) is 21.7. The first-order valence-corrected chi connectivity index (χ1v) is 11.7. The van der Waals surface area contributed by atoms with Gasteiger partial charge in [0.2, 0.25) is 11.1 Å². The summed E-state index contributed by atoms with van der Waals surface area (Å²) in [7, 11) is 0. The van der Waals surface area contributed by atoms with Crippen LogP contribution in [0.3, 0.4) is 0 Å². The van der Waals surface area contributed by atoms with Gasteiger partial charge in [-0.2, -0.15) is 4.98 Å². The maximum absolute atomic E-state index is 12.5. The number of rotatable bonds is 9. The number of nitrogens with zero attached hydrogens (tertiary/aromatic N) is 5. The maximum atomic E-state index is 12.5. The number of aromatic nitrogens is 4. The lowest BCUT2D eigenvalue weighted by Crippen LogP contribution is -2.33. The maximum Gasteiger partial charge on any atom is 0.253 e. The fourth-order valence-electron chi connectivity index (χ4n) is 3.48. The van der Waals surface area contributed by atoms with Gasteiger partial charge in [-0.3, -0.25) is 4.79 Å². The minimum atomic E-state index is 0.130. The monoisotopic (exact) mass is 445 g/mol. The summed E-state index contributed by atoms with van der Waals surface area (Å²) in [4.78, 5) is 23.6. The largest absolute Gasteiger partial charge is 0.342 e. The molecule has 0 bridgehead atoms. The number of benzene rings is 1. The Morgan fingerprint density at radius 1 is 1.17 bits per heavy atom. The van der Waals surface area contributed by atoms with E-state index < -0.39 is 0 Å². The van der Waals surface area contributed by atoms with Crippen molar-refractivity contribution in [1.82, 2.24) is 24.5 Å². The molecule has 8 heteroatoms. The van der Waals surface area contributed by atoms with E-state index in [0.717, 1.165) is 59.9 Å². The molecule has 1 amide bonds. The molecule has 3 aromatic rings. The van der Waals surface area contributed by atoms with Crippen LogP contribution in [0, 0.1) is 13.8 Å². The zero-order valence-electron chi connectivity index (χ0n) is 18.0. The van der Waals surface area contributed by atoms with E-state index >= 15 is 0 Å². The highest BCUT2D eigenvalue weighted by Gasteiger charge is 2.17. The molecule has 6 nitrogen and oxygen atoms in total. The molecular weight excluding hydrogens is 418 g/mol. The number of hydrogen-bond donors (Lipinski definition) is 0. The van der Waals surface area contributed by atoms with Crippen molar-refractivity contribution in [3.8, 4) is 0 Å². The molecule has 0 aliphatic carbocycles. The average Bonchev–Trinajstić information content (AvgIpc) is 3.12. The Morgan fingerprint density at radius 2 is 1.90 bits per heavy atom. The minimum Gasteiger partial charge on any atom is -0.342 e. The van der Waals surface area contributed by atoms with E-state index in [9.17, 15) is 4.79 Å². The van der Waals surface area contributed by atoms with Crippen molar-refractivity contribution in [1.29, 1.82) is 0 Å². The molecule has 30 heavy (non-hydrogen) atoms. The third kappa shape index (κ3) is 5.32. The van der Waals surface area contributed by atoms with E-state index in [1.165, 1.54) is 11.8 Å². The van der Waals surface area contributed by atoms with Crippen LogP contribution < -0.4 is 0 Å². The number of carbonyl (C=O) groups is 1. The van der Waals surface area contributed by atoms with Gasteiger partial charge in [0.25, 0.3) is 5.78 Å². The number of carbonyl (C=O) groups excluding carboxylic acids is 1. The number of amides is 1.